The Hall–Kier alpha value is -0.650. The summed E-state index contributed by atoms with van der Waals surface area (Å²) in [5.74, 6) is 1.10. The van der Waals surface area contributed by atoms with E-state index in [1.165, 1.54) is 12.8 Å². The van der Waals surface area contributed by atoms with Gasteiger partial charge in [0.15, 0.2) is 0 Å². The fourth-order valence-corrected chi connectivity index (χ4v) is 3.59. The predicted octanol–water partition coefficient (Wildman–Crippen LogP) is 0.824. The monoisotopic (exact) mass is 309 g/mol. The van der Waals surface area contributed by atoms with E-state index in [1.54, 1.807) is 0 Å². The van der Waals surface area contributed by atoms with Crippen molar-refractivity contribution in [3.05, 3.63) is 0 Å². The Balaban J connectivity index is 1.43. The van der Waals surface area contributed by atoms with Crippen molar-refractivity contribution in [1.82, 2.24) is 15.1 Å². The van der Waals surface area contributed by atoms with Crippen molar-refractivity contribution < 1.29 is 9.90 Å². The second-order valence-electron chi connectivity index (χ2n) is 7.72. The number of rotatable bonds is 5. The fourth-order valence-electron chi connectivity index (χ4n) is 3.59. The minimum absolute atomic E-state index is 0.328. The van der Waals surface area contributed by atoms with Crippen molar-refractivity contribution in [2.45, 2.75) is 56.6 Å². The fraction of sp³-hybridized carbons (Fsp3) is 0.941. The molecule has 0 aromatic rings. The summed E-state index contributed by atoms with van der Waals surface area (Å²) in [6.07, 6.45) is 6.88. The van der Waals surface area contributed by atoms with Crippen molar-refractivity contribution >= 4 is 5.91 Å². The number of likely N-dealkylation sites (tertiary alicyclic amines) is 2. The number of amides is 1. The van der Waals surface area contributed by atoms with Gasteiger partial charge in [-0.05, 0) is 51.5 Å². The average Bonchev–Trinajstić information content (AvgIpc) is 3.33. The number of piperidine rings is 1. The third-order valence-corrected chi connectivity index (χ3v) is 5.62. The average molecular weight is 309 g/mol. The lowest BCUT2D eigenvalue weighted by atomic mass is 9.91. The van der Waals surface area contributed by atoms with Crippen LogP contribution in [-0.2, 0) is 4.79 Å². The standard InChI is InChI=1S/C17H31N3O2/c1-19-10-7-17(22,8-11-19)13-18-15-4-5-16(21)20(9-6-15)12-14-2-3-14/h14-15,18,22H,2-13H2,1H3. The smallest absolute Gasteiger partial charge is 0.222 e. The second kappa shape index (κ2) is 6.85. The van der Waals surface area contributed by atoms with Crippen LogP contribution in [0.15, 0.2) is 0 Å². The highest BCUT2D eigenvalue weighted by Gasteiger charge is 2.33. The van der Waals surface area contributed by atoms with Gasteiger partial charge < -0.3 is 20.2 Å². The summed E-state index contributed by atoms with van der Waals surface area (Å²) in [5.41, 5.74) is -0.559. The van der Waals surface area contributed by atoms with Crippen LogP contribution in [0, 0.1) is 5.92 Å². The second-order valence-corrected chi connectivity index (χ2v) is 7.72. The third kappa shape index (κ3) is 4.43. The minimum atomic E-state index is -0.559. The van der Waals surface area contributed by atoms with Gasteiger partial charge in [0.05, 0.1) is 5.60 Å². The van der Waals surface area contributed by atoms with E-state index in [0.29, 0.717) is 24.9 Å². The maximum atomic E-state index is 12.2. The van der Waals surface area contributed by atoms with Gasteiger partial charge in [0.1, 0.15) is 0 Å². The van der Waals surface area contributed by atoms with Gasteiger partial charge >= 0.3 is 0 Å². The number of carbonyl (C=O) groups is 1. The Morgan fingerprint density at radius 1 is 1.18 bits per heavy atom. The van der Waals surface area contributed by atoms with Gasteiger partial charge in [0.2, 0.25) is 5.91 Å². The van der Waals surface area contributed by atoms with Crippen molar-refractivity contribution in [1.29, 1.82) is 0 Å². The van der Waals surface area contributed by atoms with E-state index in [-0.39, 0.29) is 0 Å². The highest BCUT2D eigenvalue weighted by atomic mass is 16.3. The Labute approximate surface area is 134 Å². The van der Waals surface area contributed by atoms with E-state index in [9.17, 15) is 9.90 Å². The SMILES string of the molecule is CN1CCC(O)(CNC2CCC(=O)N(CC3CC3)CC2)CC1. The molecule has 2 heterocycles. The Kier molecular flexibility index (Phi) is 5.05. The summed E-state index contributed by atoms with van der Waals surface area (Å²) in [5, 5.41) is 14.2. The number of hydrogen-bond donors (Lipinski definition) is 2. The number of hydrogen-bond acceptors (Lipinski definition) is 4. The van der Waals surface area contributed by atoms with Gasteiger partial charge in [0, 0.05) is 45.2 Å². The molecular formula is C17H31N3O2. The number of nitrogens with zero attached hydrogens (tertiary/aromatic N) is 2. The van der Waals surface area contributed by atoms with Gasteiger partial charge in [-0.25, -0.2) is 0 Å². The molecule has 2 saturated heterocycles. The van der Waals surface area contributed by atoms with Crippen molar-refractivity contribution in [2.24, 2.45) is 5.92 Å². The molecule has 2 aliphatic heterocycles. The van der Waals surface area contributed by atoms with E-state index in [1.807, 2.05) is 0 Å². The molecule has 1 amide bonds. The molecule has 22 heavy (non-hydrogen) atoms. The molecule has 3 fully saturated rings. The van der Waals surface area contributed by atoms with Crippen LogP contribution in [0.25, 0.3) is 0 Å². The quantitative estimate of drug-likeness (QED) is 0.790. The molecule has 0 radical (unpaired) electrons. The summed E-state index contributed by atoms with van der Waals surface area (Å²) < 4.78 is 0. The van der Waals surface area contributed by atoms with Crippen LogP contribution in [0.2, 0.25) is 0 Å². The molecule has 5 heteroatoms. The number of nitrogens with one attached hydrogen (secondary N) is 1. The molecular weight excluding hydrogens is 278 g/mol. The van der Waals surface area contributed by atoms with Crippen LogP contribution >= 0.6 is 0 Å². The first-order valence-corrected chi connectivity index (χ1v) is 8.96. The van der Waals surface area contributed by atoms with Gasteiger partial charge in [-0.15, -0.1) is 0 Å². The minimum Gasteiger partial charge on any atom is -0.388 e. The first kappa shape index (κ1) is 16.2. The first-order chi connectivity index (χ1) is 10.5. The molecule has 3 aliphatic rings. The Morgan fingerprint density at radius 2 is 1.91 bits per heavy atom. The summed E-state index contributed by atoms with van der Waals surface area (Å²) in [4.78, 5) is 16.5. The molecule has 0 bridgehead atoms. The van der Waals surface area contributed by atoms with Gasteiger partial charge in [-0.2, -0.15) is 0 Å². The molecule has 5 nitrogen and oxygen atoms in total. The lowest BCUT2D eigenvalue weighted by Gasteiger charge is -2.37. The van der Waals surface area contributed by atoms with E-state index < -0.39 is 5.60 Å². The van der Waals surface area contributed by atoms with Crippen molar-refractivity contribution in [3.8, 4) is 0 Å². The predicted molar refractivity (Wildman–Crippen MR) is 86.6 cm³/mol. The molecule has 1 atom stereocenters. The van der Waals surface area contributed by atoms with Gasteiger partial charge in [-0.3, -0.25) is 4.79 Å². The zero-order valence-electron chi connectivity index (χ0n) is 13.9. The van der Waals surface area contributed by atoms with Crippen LogP contribution in [-0.4, -0.2) is 72.2 Å². The Morgan fingerprint density at radius 3 is 2.59 bits per heavy atom. The molecule has 0 aromatic carbocycles. The van der Waals surface area contributed by atoms with Crippen LogP contribution in [0.1, 0.15) is 44.9 Å². The zero-order chi connectivity index (χ0) is 15.6. The van der Waals surface area contributed by atoms with Crippen molar-refractivity contribution in [2.75, 3.05) is 39.8 Å². The molecule has 1 aliphatic carbocycles. The lowest BCUT2D eigenvalue weighted by Crippen LogP contribution is -2.50. The van der Waals surface area contributed by atoms with Gasteiger partial charge in [0.25, 0.3) is 0 Å². The summed E-state index contributed by atoms with van der Waals surface area (Å²) in [7, 11) is 2.11. The highest BCUT2D eigenvalue weighted by molar-refractivity contribution is 5.76. The van der Waals surface area contributed by atoms with Crippen LogP contribution in [0.4, 0.5) is 0 Å². The molecule has 1 saturated carbocycles. The molecule has 2 N–H and O–H groups in total. The normalized spacial score (nSPS) is 30.4. The molecule has 3 rings (SSSR count). The maximum Gasteiger partial charge on any atom is 0.222 e. The van der Waals surface area contributed by atoms with E-state index in [2.05, 4.69) is 22.2 Å². The number of carbonyl (C=O) groups excluding carboxylic acids is 1. The Bertz CT molecular complexity index is 389. The van der Waals surface area contributed by atoms with Crippen LogP contribution < -0.4 is 5.32 Å². The van der Waals surface area contributed by atoms with Crippen molar-refractivity contribution in [3.63, 3.8) is 0 Å². The lowest BCUT2D eigenvalue weighted by molar-refractivity contribution is -0.130. The molecule has 126 valence electrons. The van der Waals surface area contributed by atoms with Crippen LogP contribution in [0.3, 0.4) is 0 Å². The van der Waals surface area contributed by atoms with E-state index in [4.69, 9.17) is 0 Å². The topological polar surface area (TPSA) is 55.8 Å². The number of aliphatic hydroxyl groups is 1. The maximum absolute atomic E-state index is 12.2. The van der Waals surface area contributed by atoms with Crippen LogP contribution in [0.5, 0.6) is 0 Å². The van der Waals surface area contributed by atoms with E-state index in [0.717, 1.165) is 57.8 Å². The molecule has 1 unspecified atom stereocenters. The molecule has 0 aromatic heterocycles. The van der Waals surface area contributed by atoms with Gasteiger partial charge in [-0.1, -0.05) is 0 Å². The van der Waals surface area contributed by atoms with E-state index >= 15 is 0 Å². The molecule has 0 spiro atoms. The summed E-state index contributed by atoms with van der Waals surface area (Å²) >= 11 is 0. The summed E-state index contributed by atoms with van der Waals surface area (Å²) in [6.45, 7) is 4.46. The zero-order valence-corrected chi connectivity index (χ0v) is 13.9. The largest absolute Gasteiger partial charge is 0.388 e. The summed E-state index contributed by atoms with van der Waals surface area (Å²) in [6, 6.07) is 0.372. The highest BCUT2D eigenvalue weighted by Crippen LogP contribution is 2.30. The first-order valence-electron chi connectivity index (χ1n) is 8.96. The third-order valence-electron chi connectivity index (χ3n) is 5.62.